The van der Waals surface area contributed by atoms with Gasteiger partial charge in [-0.2, -0.15) is 0 Å². The van der Waals surface area contributed by atoms with Crippen molar-refractivity contribution in [3.05, 3.63) is 44.7 Å². The number of amides is 1. The van der Waals surface area contributed by atoms with Gasteiger partial charge < -0.3 is 15.7 Å². The van der Waals surface area contributed by atoms with Crippen molar-refractivity contribution in [1.82, 2.24) is 10.3 Å². The van der Waals surface area contributed by atoms with E-state index in [0.29, 0.717) is 25.1 Å². The van der Waals surface area contributed by atoms with Crippen molar-refractivity contribution in [3.63, 3.8) is 0 Å². The van der Waals surface area contributed by atoms with Crippen LogP contribution in [0.15, 0.2) is 23.0 Å². The molecular weight excluding hydrogens is 370 g/mol. The third-order valence-electron chi connectivity index (χ3n) is 4.01. The van der Waals surface area contributed by atoms with Crippen LogP contribution in [0.3, 0.4) is 0 Å². The molecule has 0 saturated heterocycles. The highest BCUT2D eigenvalue weighted by Crippen LogP contribution is 2.29. The number of pyridine rings is 1. The SMILES string of the molecule is CCCC(=N)CC(=O)NCc1ccc(-c2cc(CC)c(=O)[nH]c2C)s1.Cl. The molecule has 0 aliphatic carbocycles. The number of aromatic nitrogens is 1. The standard InChI is InChI=1S/C19H25N3O2S.ClH/c1-4-6-14(20)10-18(23)21-11-15-7-8-17(25-15)16-9-13(5-2)19(24)22-12(16)3;/h7-9,20H,4-6,10-11H2,1-3H3,(H,21,23)(H,22,24);1H. The molecule has 0 aliphatic rings. The summed E-state index contributed by atoms with van der Waals surface area (Å²) < 4.78 is 0. The Labute approximate surface area is 164 Å². The van der Waals surface area contributed by atoms with E-state index in [1.807, 2.05) is 39.0 Å². The van der Waals surface area contributed by atoms with Gasteiger partial charge in [0.05, 0.1) is 13.0 Å². The second-order valence-electron chi connectivity index (χ2n) is 6.09. The first kappa shape index (κ1) is 22.1. The van der Waals surface area contributed by atoms with E-state index in [1.165, 1.54) is 0 Å². The van der Waals surface area contributed by atoms with Gasteiger partial charge in [0, 0.05) is 32.3 Å². The third-order valence-corrected chi connectivity index (χ3v) is 5.13. The molecule has 2 rings (SSSR count). The average molecular weight is 396 g/mol. The highest BCUT2D eigenvalue weighted by atomic mass is 35.5. The molecule has 0 bridgehead atoms. The Kier molecular flexibility index (Phi) is 8.75. The Morgan fingerprint density at radius 3 is 2.69 bits per heavy atom. The Morgan fingerprint density at radius 2 is 2.04 bits per heavy atom. The summed E-state index contributed by atoms with van der Waals surface area (Å²) in [5, 5.41) is 10.6. The zero-order valence-electron chi connectivity index (χ0n) is 15.4. The van der Waals surface area contributed by atoms with Crippen molar-refractivity contribution < 1.29 is 4.79 Å². The molecule has 0 fully saturated rings. The van der Waals surface area contributed by atoms with Crippen LogP contribution >= 0.6 is 23.7 Å². The number of carbonyl (C=O) groups is 1. The number of hydrogen-bond acceptors (Lipinski definition) is 4. The van der Waals surface area contributed by atoms with Crippen LogP contribution < -0.4 is 10.9 Å². The molecule has 0 spiro atoms. The summed E-state index contributed by atoms with van der Waals surface area (Å²) in [4.78, 5) is 28.8. The van der Waals surface area contributed by atoms with Crippen LogP contribution in [0, 0.1) is 12.3 Å². The largest absolute Gasteiger partial charge is 0.351 e. The molecule has 7 heteroatoms. The minimum absolute atomic E-state index is 0. The van der Waals surface area contributed by atoms with Crippen LogP contribution in [0.4, 0.5) is 0 Å². The molecular formula is C19H26ClN3O2S. The van der Waals surface area contributed by atoms with Crippen molar-refractivity contribution in [1.29, 1.82) is 5.41 Å². The molecule has 142 valence electrons. The van der Waals surface area contributed by atoms with Crippen molar-refractivity contribution >= 4 is 35.4 Å². The van der Waals surface area contributed by atoms with Gasteiger partial charge >= 0.3 is 0 Å². The fourth-order valence-corrected chi connectivity index (χ4v) is 3.66. The van der Waals surface area contributed by atoms with Crippen LogP contribution in [-0.2, 0) is 17.8 Å². The number of carbonyl (C=O) groups excluding carboxylic acids is 1. The maximum atomic E-state index is 11.9. The fraction of sp³-hybridized carbons (Fsp3) is 0.421. The van der Waals surface area contributed by atoms with Crippen LogP contribution in [-0.4, -0.2) is 16.6 Å². The average Bonchev–Trinajstić information content (AvgIpc) is 3.02. The van der Waals surface area contributed by atoms with E-state index in [2.05, 4.69) is 10.3 Å². The quantitative estimate of drug-likeness (QED) is 0.584. The van der Waals surface area contributed by atoms with Crippen molar-refractivity contribution in [2.75, 3.05) is 0 Å². The first-order chi connectivity index (χ1) is 11.9. The second kappa shape index (κ2) is 10.3. The van der Waals surface area contributed by atoms with E-state index in [0.717, 1.165) is 33.0 Å². The second-order valence-corrected chi connectivity index (χ2v) is 7.26. The first-order valence-corrected chi connectivity index (χ1v) is 9.41. The van der Waals surface area contributed by atoms with Gasteiger partial charge in [0.1, 0.15) is 0 Å². The maximum Gasteiger partial charge on any atom is 0.251 e. The zero-order chi connectivity index (χ0) is 18.4. The zero-order valence-corrected chi connectivity index (χ0v) is 17.0. The lowest BCUT2D eigenvalue weighted by Crippen LogP contribution is -2.24. The van der Waals surface area contributed by atoms with Gasteiger partial charge in [0.2, 0.25) is 5.91 Å². The molecule has 0 unspecified atom stereocenters. The third kappa shape index (κ3) is 5.81. The minimum atomic E-state index is -0.109. The van der Waals surface area contributed by atoms with E-state index in [4.69, 9.17) is 5.41 Å². The van der Waals surface area contributed by atoms with Gasteiger partial charge in [-0.3, -0.25) is 9.59 Å². The number of aromatic amines is 1. The molecule has 1 amide bonds. The summed E-state index contributed by atoms with van der Waals surface area (Å²) in [5.41, 5.74) is 3.11. The molecule has 0 aromatic carbocycles. The summed E-state index contributed by atoms with van der Waals surface area (Å²) in [7, 11) is 0. The predicted molar refractivity (Wildman–Crippen MR) is 111 cm³/mol. The first-order valence-electron chi connectivity index (χ1n) is 8.59. The smallest absolute Gasteiger partial charge is 0.251 e. The molecule has 0 atom stereocenters. The van der Waals surface area contributed by atoms with Crippen LogP contribution in [0.1, 0.15) is 49.2 Å². The minimum Gasteiger partial charge on any atom is -0.351 e. The van der Waals surface area contributed by atoms with Crippen LogP contribution in [0.2, 0.25) is 0 Å². The summed E-state index contributed by atoms with van der Waals surface area (Å²) in [6, 6.07) is 5.97. The number of hydrogen-bond donors (Lipinski definition) is 3. The molecule has 26 heavy (non-hydrogen) atoms. The van der Waals surface area contributed by atoms with Crippen LogP contribution in [0.25, 0.3) is 10.4 Å². The van der Waals surface area contributed by atoms with E-state index < -0.39 is 0 Å². The predicted octanol–water partition coefficient (Wildman–Crippen LogP) is 4.22. The van der Waals surface area contributed by atoms with Gasteiger partial charge in [-0.25, -0.2) is 0 Å². The van der Waals surface area contributed by atoms with E-state index >= 15 is 0 Å². The normalized spacial score (nSPS) is 10.3. The summed E-state index contributed by atoms with van der Waals surface area (Å²) >= 11 is 1.61. The molecule has 0 saturated carbocycles. The van der Waals surface area contributed by atoms with E-state index in [-0.39, 0.29) is 30.3 Å². The number of nitrogens with one attached hydrogen (secondary N) is 3. The highest BCUT2D eigenvalue weighted by molar-refractivity contribution is 7.15. The van der Waals surface area contributed by atoms with Gasteiger partial charge in [0.15, 0.2) is 0 Å². The topological polar surface area (TPSA) is 85.8 Å². The molecule has 2 aromatic rings. The summed E-state index contributed by atoms with van der Waals surface area (Å²) in [6.07, 6.45) is 2.42. The Bertz CT molecular complexity index is 826. The fourth-order valence-electron chi connectivity index (χ4n) is 2.63. The monoisotopic (exact) mass is 395 g/mol. The Balaban J connectivity index is 0.00000338. The number of rotatable bonds is 8. The molecule has 2 heterocycles. The maximum absolute atomic E-state index is 11.9. The number of thiophene rings is 1. The molecule has 3 N–H and O–H groups in total. The summed E-state index contributed by atoms with van der Waals surface area (Å²) in [5.74, 6) is -0.109. The van der Waals surface area contributed by atoms with Gasteiger partial charge in [-0.1, -0.05) is 20.3 Å². The molecule has 2 aromatic heterocycles. The highest BCUT2D eigenvalue weighted by Gasteiger charge is 2.11. The van der Waals surface area contributed by atoms with Crippen molar-refractivity contribution in [3.8, 4) is 10.4 Å². The molecule has 5 nitrogen and oxygen atoms in total. The van der Waals surface area contributed by atoms with E-state index in [1.54, 1.807) is 11.3 Å². The Morgan fingerprint density at radius 1 is 1.31 bits per heavy atom. The Hall–Kier alpha value is -1.92. The van der Waals surface area contributed by atoms with Crippen LogP contribution in [0.5, 0.6) is 0 Å². The van der Waals surface area contributed by atoms with Gasteiger partial charge in [-0.15, -0.1) is 23.7 Å². The van der Waals surface area contributed by atoms with E-state index in [9.17, 15) is 9.59 Å². The van der Waals surface area contributed by atoms with Crippen molar-refractivity contribution in [2.45, 2.75) is 53.0 Å². The summed E-state index contributed by atoms with van der Waals surface area (Å²) in [6.45, 7) is 6.33. The number of aryl methyl sites for hydroxylation is 2. The molecule has 0 aliphatic heterocycles. The lowest BCUT2D eigenvalue weighted by molar-refractivity contribution is -0.120. The number of H-pyrrole nitrogens is 1. The van der Waals surface area contributed by atoms with Gasteiger partial charge in [0.25, 0.3) is 5.56 Å². The number of halogens is 1. The van der Waals surface area contributed by atoms with Gasteiger partial charge in [-0.05, 0) is 38.0 Å². The lowest BCUT2D eigenvalue weighted by Gasteiger charge is -2.06. The van der Waals surface area contributed by atoms with Crippen molar-refractivity contribution in [2.24, 2.45) is 0 Å². The lowest BCUT2D eigenvalue weighted by atomic mass is 10.1. The molecule has 0 radical (unpaired) electrons.